The number of carbonyl (C=O) groups is 1. The van der Waals surface area contributed by atoms with Gasteiger partial charge in [-0.3, -0.25) is 4.79 Å². The van der Waals surface area contributed by atoms with Crippen LogP contribution in [0.25, 0.3) is 0 Å². The van der Waals surface area contributed by atoms with E-state index in [9.17, 15) is 13.2 Å². The lowest BCUT2D eigenvalue weighted by atomic mass is 9.97. The third-order valence-corrected chi connectivity index (χ3v) is 5.62. The van der Waals surface area contributed by atoms with Crippen molar-refractivity contribution < 1.29 is 13.2 Å². The van der Waals surface area contributed by atoms with Crippen molar-refractivity contribution in [1.82, 2.24) is 14.6 Å². The van der Waals surface area contributed by atoms with Gasteiger partial charge in [0.2, 0.25) is 15.9 Å². The number of pyridine rings is 1. The van der Waals surface area contributed by atoms with E-state index < -0.39 is 10.0 Å². The Morgan fingerprint density at radius 3 is 2.62 bits per heavy atom. The quantitative estimate of drug-likeness (QED) is 0.843. The summed E-state index contributed by atoms with van der Waals surface area (Å²) in [6.45, 7) is 3.14. The molecule has 1 aliphatic heterocycles. The van der Waals surface area contributed by atoms with E-state index in [-0.39, 0.29) is 21.9 Å². The molecule has 1 aromatic rings. The summed E-state index contributed by atoms with van der Waals surface area (Å²) in [5, 5.41) is 3.03. The van der Waals surface area contributed by atoms with Crippen LogP contribution in [0.5, 0.6) is 0 Å². The van der Waals surface area contributed by atoms with Crippen LogP contribution in [0.3, 0.4) is 0 Å². The number of sulfonamides is 1. The highest BCUT2D eigenvalue weighted by Crippen LogP contribution is 2.24. The Balaban J connectivity index is 2.04. The van der Waals surface area contributed by atoms with Crippen LogP contribution >= 0.6 is 11.6 Å². The molecule has 0 bridgehead atoms. The fraction of sp³-hybridized carbons (Fsp3) is 0.538. The average molecular weight is 332 g/mol. The Labute approximate surface area is 129 Å². The third kappa shape index (κ3) is 3.72. The Bertz CT molecular complexity index is 596. The number of amides is 1. The highest BCUT2D eigenvalue weighted by Gasteiger charge is 2.31. The number of hydrogen-bond donors (Lipinski definition) is 1. The highest BCUT2D eigenvalue weighted by molar-refractivity contribution is 7.89. The van der Waals surface area contributed by atoms with Gasteiger partial charge in [-0.2, -0.15) is 4.31 Å². The van der Waals surface area contributed by atoms with Crippen LogP contribution in [0.2, 0.25) is 5.15 Å². The summed E-state index contributed by atoms with van der Waals surface area (Å²) in [5.74, 6) is -0.109. The second-order valence-electron chi connectivity index (χ2n) is 4.89. The zero-order valence-electron chi connectivity index (χ0n) is 11.8. The molecule has 2 heterocycles. The zero-order valence-corrected chi connectivity index (χ0v) is 13.3. The van der Waals surface area contributed by atoms with Crippen molar-refractivity contribution in [3.63, 3.8) is 0 Å². The molecule has 1 aromatic heterocycles. The summed E-state index contributed by atoms with van der Waals surface area (Å²) in [6.07, 6.45) is 2.33. The van der Waals surface area contributed by atoms with Crippen LogP contribution in [0.1, 0.15) is 19.8 Å². The van der Waals surface area contributed by atoms with Gasteiger partial charge in [0.1, 0.15) is 10.0 Å². The largest absolute Gasteiger partial charge is 0.356 e. The van der Waals surface area contributed by atoms with Gasteiger partial charge >= 0.3 is 0 Å². The van der Waals surface area contributed by atoms with Crippen molar-refractivity contribution in [2.45, 2.75) is 24.7 Å². The van der Waals surface area contributed by atoms with Crippen molar-refractivity contribution in [3.05, 3.63) is 23.5 Å². The molecule has 1 saturated heterocycles. The van der Waals surface area contributed by atoms with Gasteiger partial charge in [-0.15, -0.1) is 0 Å². The molecule has 21 heavy (non-hydrogen) atoms. The predicted molar refractivity (Wildman–Crippen MR) is 79.4 cm³/mol. The molecule has 2 rings (SSSR count). The number of carbonyl (C=O) groups excluding carboxylic acids is 1. The molecule has 0 spiro atoms. The number of hydrogen-bond acceptors (Lipinski definition) is 4. The standard InChI is InChI=1S/C13H18ClN3O3S/c1-2-15-13(18)10-5-7-17(8-6-10)21(19,20)11-3-4-12(14)16-9-11/h3-4,9-10H,2,5-8H2,1H3,(H,15,18). The van der Waals surface area contributed by atoms with E-state index in [1.54, 1.807) is 0 Å². The topological polar surface area (TPSA) is 79.4 Å². The van der Waals surface area contributed by atoms with Gasteiger partial charge in [0.05, 0.1) is 0 Å². The molecular weight excluding hydrogens is 314 g/mol. The molecule has 1 aliphatic rings. The maximum atomic E-state index is 12.4. The molecule has 0 unspecified atom stereocenters. The molecule has 0 aromatic carbocycles. The van der Waals surface area contributed by atoms with Gasteiger partial charge in [0.25, 0.3) is 0 Å². The fourth-order valence-corrected chi connectivity index (χ4v) is 3.87. The maximum Gasteiger partial charge on any atom is 0.244 e. The Morgan fingerprint density at radius 1 is 1.43 bits per heavy atom. The molecule has 6 nitrogen and oxygen atoms in total. The minimum atomic E-state index is -3.56. The normalized spacial score (nSPS) is 17.6. The summed E-state index contributed by atoms with van der Waals surface area (Å²) < 4.78 is 26.3. The minimum Gasteiger partial charge on any atom is -0.356 e. The number of aromatic nitrogens is 1. The smallest absolute Gasteiger partial charge is 0.244 e. The summed E-state index contributed by atoms with van der Waals surface area (Å²) in [7, 11) is -3.56. The minimum absolute atomic E-state index is 0.00251. The molecule has 0 radical (unpaired) electrons. The van der Waals surface area contributed by atoms with Crippen LogP contribution in [-0.4, -0.2) is 43.2 Å². The number of rotatable bonds is 4. The van der Waals surface area contributed by atoms with E-state index in [2.05, 4.69) is 10.3 Å². The lowest BCUT2D eigenvalue weighted by molar-refractivity contribution is -0.126. The molecule has 8 heteroatoms. The highest BCUT2D eigenvalue weighted by atomic mass is 35.5. The van der Waals surface area contributed by atoms with Gasteiger partial charge < -0.3 is 5.32 Å². The number of nitrogens with one attached hydrogen (secondary N) is 1. The van der Waals surface area contributed by atoms with Gasteiger partial charge in [-0.1, -0.05) is 11.6 Å². The van der Waals surface area contributed by atoms with Crippen molar-refractivity contribution in [2.24, 2.45) is 5.92 Å². The first-order chi connectivity index (χ1) is 9.95. The van der Waals surface area contributed by atoms with Crippen molar-refractivity contribution in [1.29, 1.82) is 0 Å². The van der Waals surface area contributed by atoms with Gasteiger partial charge in [-0.25, -0.2) is 13.4 Å². The van der Waals surface area contributed by atoms with Gasteiger partial charge in [-0.05, 0) is 31.9 Å². The lowest BCUT2D eigenvalue weighted by Crippen LogP contribution is -2.42. The molecular formula is C13H18ClN3O3S. The van der Waals surface area contributed by atoms with E-state index in [1.165, 1.54) is 22.6 Å². The van der Waals surface area contributed by atoms with Crippen molar-refractivity contribution in [2.75, 3.05) is 19.6 Å². The lowest BCUT2D eigenvalue weighted by Gasteiger charge is -2.30. The monoisotopic (exact) mass is 331 g/mol. The molecule has 1 N–H and O–H groups in total. The first-order valence-corrected chi connectivity index (χ1v) is 8.66. The Morgan fingerprint density at radius 2 is 2.10 bits per heavy atom. The Kier molecular flexibility index (Phi) is 5.18. The Hall–Kier alpha value is -1.18. The summed E-state index contributed by atoms with van der Waals surface area (Å²) >= 11 is 5.67. The first-order valence-electron chi connectivity index (χ1n) is 6.84. The van der Waals surface area contributed by atoms with E-state index in [0.717, 1.165) is 0 Å². The van der Waals surface area contributed by atoms with Gasteiger partial charge in [0, 0.05) is 31.7 Å². The molecule has 0 saturated carbocycles. The first kappa shape index (κ1) is 16.2. The molecule has 0 aliphatic carbocycles. The zero-order chi connectivity index (χ0) is 15.5. The average Bonchev–Trinajstić information content (AvgIpc) is 2.48. The van der Waals surface area contributed by atoms with E-state index in [4.69, 9.17) is 11.6 Å². The van der Waals surface area contributed by atoms with Crippen LogP contribution in [0.15, 0.2) is 23.2 Å². The molecule has 116 valence electrons. The van der Waals surface area contributed by atoms with E-state index in [1.807, 2.05) is 6.92 Å². The second kappa shape index (κ2) is 6.72. The van der Waals surface area contributed by atoms with Crippen LogP contribution in [0, 0.1) is 5.92 Å². The molecule has 1 fully saturated rings. The number of nitrogens with zero attached hydrogens (tertiary/aromatic N) is 2. The van der Waals surface area contributed by atoms with Gasteiger partial charge in [0.15, 0.2) is 0 Å². The number of piperidine rings is 1. The third-order valence-electron chi connectivity index (χ3n) is 3.51. The fourth-order valence-electron chi connectivity index (χ4n) is 2.34. The van der Waals surface area contributed by atoms with Crippen LogP contribution in [-0.2, 0) is 14.8 Å². The summed E-state index contributed by atoms with van der Waals surface area (Å²) in [4.78, 5) is 15.7. The van der Waals surface area contributed by atoms with Crippen LogP contribution < -0.4 is 5.32 Å². The van der Waals surface area contributed by atoms with E-state index >= 15 is 0 Å². The second-order valence-corrected chi connectivity index (χ2v) is 7.21. The summed E-state index contributed by atoms with van der Waals surface area (Å²) in [5.41, 5.74) is 0. The van der Waals surface area contributed by atoms with Crippen LogP contribution in [0.4, 0.5) is 0 Å². The van der Waals surface area contributed by atoms with Crippen molar-refractivity contribution >= 4 is 27.5 Å². The SMILES string of the molecule is CCNC(=O)C1CCN(S(=O)(=O)c2ccc(Cl)nc2)CC1. The van der Waals surface area contributed by atoms with Crippen molar-refractivity contribution in [3.8, 4) is 0 Å². The van der Waals surface area contributed by atoms with E-state index in [0.29, 0.717) is 32.5 Å². The summed E-state index contributed by atoms with van der Waals surface area (Å²) in [6, 6.07) is 2.90. The molecule has 1 amide bonds. The predicted octanol–water partition coefficient (Wildman–Crippen LogP) is 1.27. The number of halogens is 1. The maximum absolute atomic E-state index is 12.4. The molecule has 0 atom stereocenters.